The minimum Gasteiger partial charge on any atom is -0.372 e. The zero-order valence-electron chi connectivity index (χ0n) is 9.03. The molecule has 17 heavy (non-hydrogen) atoms. The van der Waals surface area contributed by atoms with E-state index in [1.54, 1.807) is 13.1 Å². The summed E-state index contributed by atoms with van der Waals surface area (Å²) in [5.74, 6) is 0.333. The van der Waals surface area contributed by atoms with Crippen LogP contribution in [0, 0.1) is 0 Å². The summed E-state index contributed by atoms with van der Waals surface area (Å²) in [4.78, 5) is 15.9. The summed E-state index contributed by atoms with van der Waals surface area (Å²) in [5, 5.41) is 9.76. The van der Waals surface area contributed by atoms with Gasteiger partial charge in [-0.3, -0.25) is 4.79 Å². The van der Waals surface area contributed by atoms with Crippen LogP contribution in [0.15, 0.2) is 29.1 Å². The van der Waals surface area contributed by atoms with Gasteiger partial charge in [-0.25, -0.2) is 4.98 Å². The molecule has 0 bridgehead atoms. The number of rotatable bonds is 3. The Balaban J connectivity index is 2.17. The van der Waals surface area contributed by atoms with E-state index in [4.69, 9.17) is 11.6 Å². The number of amides is 1. The summed E-state index contributed by atoms with van der Waals surface area (Å²) in [7, 11) is 1.72. The monoisotopic (exact) mass is 267 g/mol. The van der Waals surface area contributed by atoms with Crippen LogP contribution in [-0.2, 0) is 0 Å². The number of aromatic nitrogens is 1. The van der Waals surface area contributed by atoms with Crippen LogP contribution >= 0.6 is 22.9 Å². The molecule has 0 unspecified atom stereocenters. The van der Waals surface area contributed by atoms with Crippen molar-refractivity contribution in [3.8, 4) is 0 Å². The lowest BCUT2D eigenvalue weighted by atomic mass is 10.2. The van der Waals surface area contributed by atoms with Crippen LogP contribution in [0.4, 0.5) is 11.5 Å². The van der Waals surface area contributed by atoms with Crippen LogP contribution in [0.2, 0.25) is 5.02 Å². The Morgan fingerprint density at radius 3 is 2.94 bits per heavy atom. The van der Waals surface area contributed by atoms with Gasteiger partial charge in [-0.1, -0.05) is 11.6 Å². The number of anilines is 2. The van der Waals surface area contributed by atoms with Gasteiger partial charge in [0.1, 0.15) is 5.82 Å². The van der Waals surface area contributed by atoms with E-state index in [0.717, 1.165) is 5.69 Å². The van der Waals surface area contributed by atoms with E-state index in [9.17, 15) is 4.79 Å². The molecule has 88 valence electrons. The number of carbonyl (C=O) groups excluding carboxylic acids is 1. The molecule has 2 aromatic heterocycles. The quantitative estimate of drug-likeness (QED) is 0.899. The average Bonchev–Trinajstić information content (AvgIpc) is 2.81. The Labute approximate surface area is 108 Å². The molecule has 2 heterocycles. The second kappa shape index (κ2) is 5.16. The fourth-order valence-electron chi connectivity index (χ4n) is 1.28. The predicted molar refractivity (Wildman–Crippen MR) is 71.1 cm³/mol. The number of pyridine rings is 1. The summed E-state index contributed by atoms with van der Waals surface area (Å²) < 4.78 is 0. The Morgan fingerprint density at radius 2 is 2.35 bits per heavy atom. The van der Waals surface area contributed by atoms with Gasteiger partial charge in [-0.05, 0) is 17.5 Å². The van der Waals surface area contributed by atoms with E-state index in [-0.39, 0.29) is 5.91 Å². The van der Waals surface area contributed by atoms with Gasteiger partial charge >= 0.3 is 0 Å². The predicted octanol–water partition coefficient (Wildman–Crippen LogP) is 3.09. The number of hydrogen-bond acceptors (Lipinski definition) is 4. The van der Waals surface area contributed by atoms with Gasteiger partial charge in [0, 0.05) is 18.6 Å². The molecule has 0 aliphatic rings. The summed E-state index contributed by atoms with van der Waals surface area (Å²) in [6, 6.07) is 3.42. The van der Waals surface area contributed by atoms with Crippen molar-refractivity contribution in [3.63, 3.8) is 0 Å². The summed E-state index contributed by atoms with van der Waals surface area (Å²) in [6.07, 6.45) is 1.49. The molecule has 0 aromatic carbocycles. The molecule has 4 nitrogen and oxygen atoms in total. The summed E-state index contributed by atoms with van der Waals surface area (Å²) >= 11 is 7.47. The maximum absolute atomic E-state index is 11.8. The molecule has 1 amide bonds. The van der Waals surface area contributed by atoms with Gasteiger partial charge in [0.25, 0.3) is 5.91 Å². The molecule has 2 aromatic rings. The average molecular weight is 268 g/mol. The van der Waals surface area contributed by atoms with E-state index < -0.39 is 0 Å². The van der Waals surface area contributed by atoms with Crippen molar-refractivity contribution in [2.24, 2.45) is 0 Å². The fourth-order valence-corrected chi connectivity index (χ4v) is 2.13. The Hall–Kier alpha value is -1.59. The van der Waals surface area contributed by atoms with Crippen LogP contribution in [0.25, 0.3) is 0 Å². The second-order valence-electron chi connectivity index (χ2n) is 3.27. The molecule has 2 rings (SSSR count). The SMILES string of the molecule is CNc1ncc(C(=O)Nc2ccsc2)cc1Cl. The minimum absolute atomic E-state index is 0.222. The molecule has 0 fully saturated rings. The largest absolute Gasteiger partial charge is 0.372 e. The lowest BCUT2D eigenvalue weighted by molar-refractivity contribution is 0.102. The highest BCUT2D eigenvalue weighted by Gasteiger charge is 2.09. The van der Waals surface area contributed by atoms with Gasteiger partial charge in [-0.2, -0.15) is 11.3 Å². The van der Waals surface area contributed by atoms with Crippen molar-refractivity contribution >= 4 is 40.4 Å². The summed E-state index contributed by atoms with van der Waals surface area (Å²) in [5.41, 5.74) is 1.20. The Morgan fingerprint density at radius 1 is 1.53 bits per heavy atom. The number of nitrogens with one attached hydrogen (secondary N) is 2. The third-order valence-corrected chi connectivity index (χ3v) is 3.09. The fraction of sp³-hybridized carbons (Fsp3) is 0.0909. The Bertz CT molecular complexity index is 528. The number of nitrogens with zero attached hydrogens (tertiary/aromatic N) is 1. The molecule has 6 heteroatoms. The van der Waals surface area contributed by atoms with E-state index in [0.29, 0.717) is 16.4 Å². The van der Waals surface area contributed by atoms with Gasteiger partial charge < -0.3 is 10.6 Å². The van der Waals surface area contributed by atoms with Gasteiger partial charge in [0.15, 0.2) is 0 Å². The Kier molecular flexibility index (Phi) is 3.61. The second-order valence-corrected chi connectivity index (χ2v) is 4.46. The standard InChI is InChI=1S/C11H10ClN3OS/c1-13-10-9(12)4-7(5-14-10)11(16)15-8-2-3-17-6-8/h2-6H,1H3,(H,13,14)(H,15,16). The molecule has 0 aliphatic heterocycles. The highest BCUT2D eigenvalue weighted by atomic mass is 35.5. The van der Waals surface area contributed by atoms with E-state index >= 15 is 0 Å². The third kappa shape index (κ3) is 2.75. The number of hydrogen-bond donors (Lipinski definition) is 2. The maximum atomic E-state index is 11.8. The summed E-state index contributed by atoms with van der Waals surface area (Å²) in [6.45, 7) is 0. The zero-order valence-corrected chi connectivity index (χ0v) is 10.6. The lowest BCUT2D eigenvalue weighted by Crippen LogP contribution is -2.12. The van der Waals surface area contributed by atoms with E-state index in [1.165, 1.54) is 17.5 Å². The van der Waals surface area contributed by atoms with Crippen LogP contribution in [0.1, 0.15) is 10.4 Å². The first-order chi connectivity index (χ1) is 8.20. The first-order valence-electron chi connectivity index (χ1n) is 4.87. The number of halogens is 1. The number of carbonyl (C=O) groups is 1. The topological polar surface area (TPSA) is 54.0 Å². The van der Waals surface area contributed by atoms with E-state index in [1.807, 2.05) is 16.8 Å². The molecule has 0 radical (unpaired) electrons. The highest BCUT2D eigenvalue weighted by Crippen LogP contribution is 2.20. The minimum atomic E-state index is -0.222. The van der Waals surface area contributed by atoms with Crippen molar-refractivity contribution in [2.75, 3.05) is 17.7 Å². The molecular weight excluding hydrogens is 258 g/mol. The van der Waals surface area contributed by atoms with Crippen LogP contribution in [0.5, 0.6) is 0 Å². The van der Waals surface area contributed by atoms with Crippen LogP contribution in [0.3, 0.4) is 0 Å². The van der Waals surface area contributed by atoms with Crippen LogP contribution < -0.4 is 10.6 Å². The number of thiophene rings is 1. The molecule has 0 spiro atoms. The molecular formula is C11H10ClN3OS. The van der Waals surface area contributed by atoms with Crippen molar-refractivity contribution < 1.29 is 4.79 Å². The van der Waals surface area contributed by atoms with Gasteiger partial charge in [0.05, 0.1) is 16.3 Å². The van der Waals surface area contributed by atoms with Gasteiger partial charge in [-0.15, -0.1) is 0 Å². The van der Waals surface area contributed by atoms with Crippen molar-refractivity contribution in [3.05, 3.63) is 39.7 Å². The zero-order chi connectivity index (χ0) is 12.3. The normalized spacial score (nSPS) is 10.0. The lowest BCUT2D eigenvalue weighted by Gasteiger charge is -2.05. The van der Waals surface area contributed by atoms with Crippen molar-refractivity contribution in [1.29, 1.82) is 0 Å². The smallest absolute Gasteiger partial charge is 0.257 e. The van der Waals surface area contributed by atoms with Crippen molar-refractivity contribution in [1.82, 2.24) is 4.98 Å². The van der Waals surface area contributed by atoms with E-state index in [2.05, 4.69) is 15.6 Å². The maximum Gasteiger partial charge on any atom is 0.257 e. The third-order valence-electron chi connectivity index (χ3n) is 2.12. The molecule has 0 aliphatic carbocycles. The first kappa shape index (κ1) is 11.9. The van der Waals surface area contributed by atoms with Crippen LogP contribution in [-0.4, -0.2) is 17.9 Å². The highest BCUT2D eigenvalue weighted by molar-refractivity contribution is 7.08. The molecule has 0 saturated heterocycles. The molecule has 0 atom stereocenters. The van der Waals surface area contributed by atoms with Crippen molar-refractivity contribution in [2.45, 2.75) is 0 Å². The first-order valence-corrected chi connectivity index (χ1v) is 6.19. The van der Waals surface area contributed by atoms with Gasteiger partial charge in [0.2, 0.25) is 0 Å². The molecule has 0 saturated carbocycles. The molecule has 2 N–H and O–H groups in total.